The normalized spacial score (nSPS) is 10.4. The molecule has 0 aliphatic carbocycles. The quantitative estimate of drug-likeness (QED) is 0.552. The highest BCUT2D eigenvalue weighted by molar-refractivity contribution is 7.12. The smallest absolute Gasteiger partial charge is 0.323 e. The number of nitrogens with one attached hydrogen (secondary N) is 2. The minimum Gasteiger partial charge on any atom is -0.464 e. The van der Waals surface area contributed by atoms with Gasteiger partial charge in [-0.25, -0.2) is 5.84 Å². The van der Waals surface area contributed by atoms with Crippen LogP contribution >= 0.6 is 11.3 Å². The summed E-state index contributed by atoms with van der Waals surface area (Å²) in [5, 5.41) is 3.15. The number of nitrogen functional groups attached to an aromatic ring is 1. The number of ether oxygens (including phenoxy) is 1. The third-order valence-electron chi connectivity index (χ3n) is 2.66. The lowest BCUT2D eigenvalue weighted by Crippen LogP contribution is -2.14. The summed E-state index contributed by atoms with van der Waals surface area (Å²) >= 11 is 1.75. The Labute approximate surface area is 121 Å². The molecule has 0 aromatic carbocycles. The molecule has 2 rings (SSSR count). The summed E-state index contributed by atoms with van der Waals surface area (Å²) in [5.41, 5.74) is 3.69. The molecule has 8 heteroatoms. The Bertz CT molecular complexity index is 566. The van der Waals surface area contributed by atoms with Gasteiger partial charge in [0.05, 0.1) is 13.2 Å². The van der Waals surface area contributed by atoms with Crippen molar-refractivity contribution in [3.05, 3.63) is 21.4 Å². The van der Waals surface area contributed by atoms with Crippen LogP contribution in [-0.2, 0) is 6.54 Å². The minimum atomic E-state index is 0.247. The lowest BCUT2D eigenvalue weighted by atomic mass is 10.3. The van der Waals surface area contributed by atoms with E-state index in [1.54, 1.807) is 11.3 Å². The summed E-state index contributed by atoms with van der Waals surface area (Å²) in [6.07, 6.45) is 0. The first-order valence-corrected chi connectivity index (χ1v) is 7.09. The molecule has 0 fully saturated rings. The topological polar surface area (TPSA) is 98.0 Å². The Balaban J connectivity index is 2.09. The second-order valence-electron chi connectivity index (χ2n) is 4.15. The molecule has 2 heterocycles. The summed E-state index contributed by atoms with van der Waals surface area (Å²) in [6, 6.07) is 2.40. The van der Waals surface area contributed by atoms with Crippen LogP contribution in [0.5, 0.6) is 6.01 Å². The lowest BCUT2D eigenvalue weighted by Gasteiger charge is -2.07. The van der Waals surface area contributed by atoms with E-state index in [4.69, 9.17) is 10.6 Å². The van der Waals surface area contributed by atoms with Gasteiger partial charge in [-0.3, -0.25) is 5.43 Å². The Morgan fingerprint density at radius 2 is 2.00 bits per heavy atom. The van der Waals surface area contributed by atoms with Crippen LogP contribution < -0.4 is 21.3 Å². The number of rotatable bonds is 6. The minimum absolute atomic E-state index is 0.247. The van der Waals surface area contributed by atoms with Gasteiger partial charge in [0.2, 0.25) is 11.9 Å². The number of aromatic nitrogens is 3. The average molecular weight is 294 g/mol. The Morgan fingerprint density at radius 1 is 1.25 bits per heavy atom. The van der Waals surface area contributed by atoms with E-state index in [-0.39, 0.29) is 12.0 Å². The Hall–Kier alpha value is -1.93. The summed E-state index contributed by atoms with van der Waals surface area (Å²) in [7, 11) is 0. The molecule has 0 saturated heterocycles. The van der Waals surface area contributed by atoms with Crippen molar-refractivity contribution in [2.75, 3.05) is 17.3 Å². The molecule has 0 spiro atoms. The van der Waals surface area contributed by atoms with Crippen molar-refractivity contribution in [2.24, 2.45) is 5.84 Å². The van der Waals surface area contributed by atoms with Crippen molar-refractivity contribution in [2.45, 2.75) is 27.3 Å². The zero-order chi connectivity index (χ0) is 14.5. The number of hydrazine groups is 1. The van der Waals surface area contributed by atoms with Crippen LogP contribution in [0.15, 0.2) is 6.07 Å². The second kappa shape index (κ2) is 6.49. The molecular weight excluding hydrogens is 276 g/mol. The van der Waals surface area contributed by atoms with Crippen molar-refractivity contribution in [1.29, 1.82) is 0 Å². The van der Waals surface area contributed by atoms with Crippen molar-refractivity contribution in [3.63, 3.8) is 0 Å². The van der Waals surface area contributed by atoms with Crippen molar-refractivity contribution < 1.29 is 4.74 Å². The second-order valence-corrected chi connectivity index (χ2v) is 5.49. The number of thiophene rings is 1. The van der Waals surface area contributed by atoms with Gasteiger partial charge in [0.15, 0.2) is 0 Å². The molecule has 0 amide bonds. The third kappa shape index (κ3) is 3.55. The molecule has 0 unspecified atom stereocenters. The summed E-state index contributed by atoms with van der Waals surface area (Å²) < 4.78 is 5.27. The molecule has 4 N–H and O–H groups in total. The molecule has 2 aromatic rings. The van der Waals surface area contributed by atoms with Crippen molar-refractivity contribution >= 4 is 23.2 Å². The van der Waals surface area contributed by atoms with Gasteiger partial charge in [0.1, 0.15) is 0 Å². The number of nitrogens with two attached hydrogens (primary N) is 1. The summed E-state index contributed by atoms with van der Waals surface area (Å²) in [6.45, 7) is 7.21. The Kier molecular flexibility index (Phi) is 4.70. The monoisotopic (exact) mass is 294 g/mol. The number of hydrogen-bond donors (Lipinski definition) is 3. The maximum absolute atomic E-state index is 5.33. The molecule has 0 atom stereocenters. The molecular formula is C12H18N6OS. The van der Waals surface area contributed by atoms with Gasteiger partial charge in [0, 0.05) is 9.75 Å². The number of anilines is 2. The molecule has 2 aromatic heterocycles. The van der Waals surface area contributed by atoms with Gasteiger partial charge < -0.3 is 10.1 Å². The van der Waals surface area contributed by atoms with Crippen molar-refractivity contribution in [1.82, 2.24) is 15.0 Å². The number of aryl methyl sites for hydroxylation is 2. The highest BCUT2D eigenvalue weighted by Crippen LogP contribution is 2.21. The first kappa shape index (κ1) is 14.5. The van der Waals surface area contributed by atoms with Gasteiger partial charge in [-0.2, -0.15) is 15.0 Å². The van der Waals surface area contributed by atoms with E-state index in [9.17, 15) is 0 Å². The highest BCUT2D eigenvalue weighted by Gasteiger charge is 2.07. The lowest BCUT2D eigenvalue weighted by molar-refractivity contribution is 0.312. The van der Waals surface area contributed by atoms with Gasteiger partial charge in [-0.1, -0.05) is 0 Å². The zero-order valence-corrected chi connectivity index (χ0v) is 12.5. The fraction of sp³-hybridized carbons (Fsp3) is 0.417. The number of nitrogens with zero attached hydrogens (tertiary/aromatic N) is 3. The zero-order valence-electron chi connectivity index (χ0n) is 11.7. The third-order valence-corrected chi connectivity index (χ3v) is 3.81. The van der Waals surface area contributed by atoms with Crippen LogP contribution in [0.3, 0.4) is 0 Å². The Morgan fingerprint density at radius 3 is 2.60 bits per heavy atom. The van der Waals surface area contributed by atoms with Crippen LogP contribution in [0.2, 0.25) is 0 Å². The van der Waals surface area contributed by atoms with Gasteiger partial charge in [-0.15, -0.1) is 11.3 Å². The van der Waals surface area contributed by atoms with Crippen LogP contribution in [-0.4, -0.2) is 21.6 Å². The molecule has 0 saturated carbocycles. The molecule has 0 radical (unpaired) electrons. The highest BCUT2D eigenvalue weighted by atomic mass is 32.1. The molecule has 20 heavy (non-hydrogen) atoms. The fourth-order valence-corrected chi connectivity index (χ4v) is 2.59. The van der Waals surface area contributed by atoms with Crippen LogP contribution in [0.1, 0.15) is 22.2 Å². The standard InChI is InChI=1S/C12H18N6OS/c1-4-19-12-16-10(15-11(17-12)18-13)14-6-9-5-7(2)8(3)20-9/h5H,4,6,13H2,1-3H3,(H2,14,15,16,17,18). The first-order valence-electron chi connectivity index (χ1n) is 6.27. The van der Waals surface area contributed by atoms with E-state index < -0.39 is 0 Å². The predicted molar refractivity (Wildman–Crippen MR) is 79.9 cm³/mol. The van der Waals surface area contributed by atoms with E-state index in [1.807, 2.05) is 6.92 Å². The number of hydrogen-bond acceptors (Lipinski definition) is 8. The molecule has 7 nitrogen and oxygen atoms in total. The van der Waals surface area contributed by atoms with Gasteiger partial charge >= 0.3 is 6.01 Å². The fourth-order valence-electron chi connectivity index (χ4n) is 1.60. The van der Waals surface area contributed by atoms with E-state index in [0.29, 0.717) is 19.1 Å². The van der Waals surface area contributed by atoms with E-state index in [0.717, 1.165) is 0 Å². The first-order chi connectivity index (χ1) is 9.62. The van der Waals surface area contributed by atoms with Crippen LogP contribution in [0, 0.1) is 13.8 Å². The maximum atomic E-state index is 5.33. The summed E-state index contributed by atoms with van der Waals surface area (Å²) in [4.78, 5) is 14.8. The van der Waals surface area contributed by atoms with Crippen LogP contribution in [0.25, 0.3) is 0 Å². The van der Waals surface area contributed by atoms with Crippen molar-refractivity contribution in [3.8, 4) is 6.01 Å². The molecule has 0 aliphatic rings. The molecule has 108 valence electrons. The predicted octanol–water partition coefficient (Wildman–Crippen LogP) is 1.85. The van der Waals surface area contributed by atoms with Crippen LogP contribution in [0.4, 0.5) is 11.9 Å². The average Bonchev–Trinajstić information content (AvgIpc) is 2.76. The molecule has 0 aliphatic heterocycles. The summed E-state index contributed by atoms with van der Waals surface area (Å²) in [5.74, 6) is 6.03. The van der Waals surface area contributed by atoms with E-state index >= 15 is 0 Å². The van der Waals surface area contributed by atoms with E-state index in [2.05, 4.69) is 45.6 Å². The largest absolute Gasteiger partial charge is 0.464 e. The van der Waals surface area contributed by atoms with E-state index in [1.165, 1.54) is 15.3 Å². The maximum Gasteiger partial charge on any atom is 0.323 e. The van der Waals surface area contributed by atoms with Gasteiger partial charge in [-0.05, 0) is 32.4 Å². The van der Waals surface area contributed by atoms with Gasteiger partial charge in [0.25, 0.3) is 0 Å². The SMILES string of the molecule is CCOc1nc(NN)nc(NCc2cc(C)c(C)s2)n1. The molecule has 0 bridgehead atoms.